The highest BCUT2D eigenvalue weighted by Crippen LogP contribution is 2.23. The number of hydrogen-bond acceptors (Lipinski definition) is 2. The number of rotatable bonds is 3. The Morgan fingerprint density at radius 2 is 2.15 bits per heavy atom. The van der Waals surface area contributed by atoms with Crippen LogP contribution in [0.1, 0.15) is 18.2 Å². The van der Waals surface area contributed by atoms with Crippen molar-refractivity contribution in [1.29, 1.82) is 0 Å². The van der Waals surface area contributed by atoms with Gasteiger partial charge in [-0.2, -0.15) is 0 Å². The van der Waals surface area contributed by atoms with Crippen LogP contribution in [0.2, 0.25) is 0 Å². The second-order valence-electron chi connectivity index (χ2n) is 2.64. The molecule has 13 heavy (non-hydrogen) atoms. The van der Waals surface area contributed by atoms with Gasteiger partial charge in [0.1, 0.15) is 4.60 Å². The first-order valence-corrected chi connectivity index (χ1v) is 5.63. The minimum atomic E-state index is 0.626. The molecule has 0 saturated heterocycles. The van der Waals surface area contributed by atoms with Gasteiger partial charge in [-0.1, -0.05) is 0 Å². The highest BCUT2D eigenvalue weighted by molar-refractivity contribution is 9.13. The summed E-state index contributed by atoms with van der Waals surface area (Å²) < 4.78 is 7.12. The number of hydrogen-bond donors (Lipinski definition) is 0. The Kier molecular flexibility index (Phi) is 4.35. The van der Waals surface area contributed by atoms with E-state index >= 15 is 0 Å². The zero-order valence-electron chi connectivity index (χ0n) is 7.60. The SMILES string of the molecule is CCOCc1cc(Br)c(Br)nc1C. The third-order valence-electron chi connectivity index (χ3n) is 1.69. The van der Waals surface area contributed by atoms with Crippen LogP contribution in [0.3, 0.4) is 0 Å². The first-order chi connectivity index (χ1) is 6.15. The van der Waals surface area contributed by atoms with Crippen molar-refractivity contribution in [3.63, 3.8) is 0 Å². The van der Waals surface area contributed by atoms with E-state index in [4.69, 9.17) is 4.74 Å². The molecule has 0 fully saturated rings. The number of aromatic nitrogens is 1. The number of halogens is 2. The average molecular weight is 309 g/mol. The molecule has 1 heterocycles. The van der Waals surface area contributed by atoms with Crippen LogP contribution in [-0.4, -0.2) is 11.6 Å². The average Bonchev–Trinajstić information content (AvgIpc) is 2.09. The van der Waals surface area contributed by atoms with Gasteiger partial charge in [0.15, 0.2) is 0 Å². The highest BCUT2D eigenvalue weighted by atomic mass is 79.9. The van der Waals surface area contributed by atoms with Crippen molar-refractivity contribution < 1.29 is 4.74 Å². The molecule has 0 N–H and O–H groups in total. The van der Waals surface area contributed by atoms with Gasteiger partial charge in [0.2, 0.25) is 0 Å². The van der Waals surface area contributed by atoms with Crippen LogP contribution in [0.25, 0.3) is 0 Å². The topological polar surface area (TPSA) is 22.1 Å². The van der Waals surface area contributed by atoms with E-state index in [1.807, 2.05) is 19.9 Å². The fourth-order valence-corrected chi connectivity index (χ4v) is 1.69. The maximum Gasteiger partial charge on any atom is 0.120 e. The predicted octanol–water partition coefficient (Wildman–Crippen LogP) is 3.45. The molecular formula is C9H11Br2NO. The zero-order valence-corrected chi connectivity index (χ0v) is 10.8. The Hall–Kier alpha value is 0.0700. The van der Waals surface area contributed by atoms with E-state index < -0.39 is 0 Å². The number of nitrogens with zero attached hydrogens (tertiary/aromatic N) is 1. The molecule has 0 aromatic carbocycles. The molecule has 1 rings (SSSR count). The van der Waals surface area contributed by atoms with Gasteiger partial charge in [-0.05, 0) is 51.8 Å². The highest BCUT2D eigenvalue weighted by Gasteiger charge is 2.04. The summed E-state index contributed by atoms with van der Waals surface area (Å²) in [5.74, 6) is 0. The van der Waals surface area contributed by atoms with E-state index in [0.717, 1.165) is 26.9 Å². The van der Waals surface area contributed by atoms with E-state index in [9.17, 15) is 0 Å². The quantitative estimate of drug-likeness (QED) is 0.798. The fraction of sp³-hybridized carbons (Fsp3) is 0.444. The van der Waals surface area contributed by atoms with E-state index in [-0.39, 0.29) is 0 Å². The Balaban J connectivity index is 2.88. The summed E-state index contributed by atoms with van der Waals surface area (Å²) in [6, 6.07) is 2.03. The third-order valence-corrected chi connectivity index (χ3v) is 3.43. The number of pyridine rings is 1. The molecule has 1 aromatic heterocycles. The molecule has 0 radical (unpaired) electrons. The molecule has 0 spiro atoms. The van der Waals surface area contributed by atoms with Gasteiger partial charge in [0.25, 0.3) is 0 Å². The molecule has 0 bridgehead atoms. The van der Waals surface area contributed by atoms with Crippen molar-refractivity contribution in [2.45, 2.75) is 20.5 Å². The Morgan fingerprint density at radius 1 is 1.46 bits per heavy atom. The van der Waals surface area contributed by atoms with E-state index in [1.54, 1.807) is 0 Å². The summed E-state index contributed by atoms with van der Waals surface area (Å²) in [5.41, 5.74) is 2.13. The largest absolute Gasteiger partial charge is 0.377 e. The molecule has 1 aromatic rings. The van der Waals surface area contributed by atoms with Crippen LogP contribution >= 0.6 is 31.9 Å². The standard InChI is InChI=1S/C9H11Br2NO/c1-3-13-5-7-4-8(10)9(11)12-6(7)2/h4H,3,5H2,1-2H3. The lowest BCUT2D eigenvalue weighted by atomic mass is 10.2. The van der Waals surface area contributed by atoms with Gasteiger partial charge in [-0.25, -0.2) is 4.98 Å². The number of ether oxygens (including phenoxy) is 1. The summed E-state index contributed by atoms with van der Waals surface area (Å²) in [4.78, 5) is 4.32. The van der Waals surface area contributed by atoms with Gasteiger partial charge < -0.3 is 4.74 Å². The maximum absolute atomic E-state index is 5.32. The molecule has 0 aliphatic heterocycles. The molecule has 4 heteroatoms. The molecule has 0 aliphatic carbocycles. The maximum atomic E-state index is 5.32. The van der Waals surface area contributed by atoms with Crippen molar-refractivity contribution in [2.24, 2.45) is 0 Å². The zero-order chi connectivity index (χ0) is 9.84. The lowest BCUT2D eigenvalue weighted by Crippen LogP contribution is -1.97. The molecule has 0 amide bonds. The normalized spacial score (nSPS) is 10.5. The third kappa shape index (κ3) is 3.04. The lowest BCUT2D eigenvalue weighted by Gasteiger charge is -2.06. The van der Waals surface area contributed by atoms with E-state index in [1.165, 1.54) is 0 Å². The molecular weight excluding hydrogens is 298 g/mol. The van der Waals surface area contributed by atoms with E-state index in [0.29, 0.717) is 6.61 Å². The van der Waals surface area contributed by atoms with Crippen LogP contribution in [0.4, 0.5) is 0 Å². The summed E-state index contributed by atoms with van der Waals surface area (Å²) in [6.45, 7) is 5.32. The molecule has 0 atom stereocenters. The van der Waals surface area contributed by atoms with Crippen LogP contribution in [0.5, 0.6) is 0 Å². The van der Waals surface area contributed by atoms with Crippen LogP contribution in [0, 0.1) is 6.92 Å². The van der Waals surface area contributed by atoms with Crippen LogP contribution < -0.4 is 0 Å². The number of aryl methyl sites for hydroxylation is 1. The fourth-order valence-electron chi connectivity index (χ4n) is 0.948. The molecule has 72 valence electrons. The first-order valence-electron chi connectivity index (χ1n) is 4.04. The van der Waals surface area contributed by atoms with Crippen molar-refractivity contribution in [3.8, 4) is 0 Å². The second kappa shape index (κ2) is 5.08. The van der Waals surface area contributed by atoms with Crippen molar-refractivity contribution in [2.75, 3.05) is 6.61 Å². The minimum Gasteiger partial charge on any atom is -0.377 e. The van der Waals surface area contributed by atoms with Gasteiger partial charge in [0.05, 0.1) is 11.1 Å². The van der Waals surface area contributed by atoms with Crippen molar-refractivity contribution in [1.82, 2.24) is 4.98 Å². The lowest BCUT2D eigenvalue weighted by molar-refractivity contribution is 0.133. The smallest absolute Gasteiger partial charge is 0.120 e. The summed E-state index contributed by atoms with van der Waals surface area (Å²) in [7, 11) is 0. The summed E-state index contributed by atoms with van der Waals surface area (Å²) in [5, 5.41) is 0. The molecule has 2 nitrogen and oxygen atoms in total. The summed E-state index contributed by atoms with van der Waals surface area (Å²) >= 11 is 6.76. The Labute approximate surface area is 95.0 Å². The van der Waals surface area contributed by atoms with Crippen LogP contribution in [-0.2, 0) is 11.3 Å². The first kappa shape index (κ1) is 11.1. The predicted molar refractivity (Wildman–Crippen MR) is 59.7 cm³/mol. The molecule has 0 unspecified atom stereocenters. The van der Waals surface area contributed by atoms with Crippen molar-refractivity contribution >= 4 is 31.9 Å². The Morgan fingerprint density at radius 3 is 2.77 bits per heavy atom. The monoisotopic (exact) mass is 307 g/mol. The van der Waals surface area contributed by atoms with Gasteiger partial charge in [-0.15, -0.1) is 0 Å². The Bertz CT molecular complexity index is 302. The van der Waals surface area contributed by atoms with Crippen molar-refractivity contribution in [3.05, 3.63) is 26.4 Å². The van der Waals surface area contributed by atoms with Gasteiger partial charge in [-0.3, -0.25) is 0 Å². The molecule has 0 saturated carbocycles. The van der Waals surface area contributed by atoms with E-state index in [2.05, 4.69) is 36.8 Å². The second-order valence-corrected chi connectivity index (χ2v) is 4.25. The summed E-state index contributed by atoms with van der Waals surface area (Å²) in [6.07, 6.45) is 0. The van der Waals surface area contributed by atoms with Crippen LogP contribution in [0.15, 0.2) is 15.1 Å². The van der Waals surface area contributed by atoms with Gasteiger partial charge >= 0.3 is 0 Å². The minimum absolute atomic E-state index is 0.626. The molecule has 0 aliphatic rings. The van der Waals surface area contributed by atoms with Gasteiger partial charge in [0, 0.05) is 17.9 Å².